The van der Waals surface area contributed by atoms with E-state index in [1.807, 2.05) is 0 Å². The molecule has 3 rings (SSSR count). The van der Waals surface area contributed by atoms with Crippen LogP contribution in [0.3, 0.4) is 0 Å². The van der Waals surface area contributed by atoms with Gasteiger partial charge in [0.2, 0.25) is 0 Å². The molecule has 18 heavy (non-hydrogen) atoms. The third-order valence-electron chi connectivity index (χ3n) is 4.02. The standard InChI is InChI=1S/C16H20N2/c1-10-7-11(2)16-13(8-10)14(9-17)12-5-3-4-6-15(12)18-16/h7-8H,3-6,9,17H2,1-2H3. The molecule has 2 aromatic rings. The average molecular weight is 240 g/mol. The summed E-state index contributed by atoms with van der Waals surface area (Å²) in [5.41, 5.74) is 13.8. The van der Waals surface area contributed by atoms with Crippen molar-refractivity contribution in [3.8, 4) is 0 Å². The van der Waals surface area contributed by atoms with Crippen LogP contribution in [0.2, 0.25) is 0 Å². The lowest BCUT2D eigenvalue weighted by Gasteiger charge is -2.21. The summed E-state index contributed by atoms with van der Waals surface area (Å²) in [5, 5.41) is 1.27. The first-order chi connectivity index (χ1) is 8.70. The highest BCUT2D eigenvalue weighted by Crippen LogP contribution is 2.30. The summed E-state index contributed by atoms with van der Waals surface area (Å²) in [5.74, 6) is 0. The van der Waals surface area contributed by atoms with Crippen molar-refractivity contribution in [2.24, 2.45) is 5.73 Å². The van der Waals surface area contributed by atoms with Gasteiger partial charge in [-0.3, -0.25) is 4.98 Å². The Labute approximate surface area is 108 Å². The molecule has 0 amide bonds. The lowest BCUT2D eigenvalue weighted by molar-refractivity contribution is 0.664. The van der Waals surface area contributed by atoms with Crippen molar-refractivity contribution >= 4 is 10.9 Å². The minimum Gasteiger partial charge on any atom is -0.326 e. The molecule has 2 N–H and O–H groups in total. The number of nitrogens with zero attached hydrogens (tertiary/aromatic N) is 1. The van der Waals surface area contributed by atoms with Gasteiger partial charge in [-0.25, -0.2) is 0 Å². The molecule has 94 valence electrons. The van der Waals surface area contributed by atoms with Gasteiger partial charge in [0.05, 0.1) is 5.52 Å². The second-order valence-electron chi connectivity index (χ2n) is 5.40. The number of aromatic nitrogens is 1. The molecule has 1 aliphatic carbocycles. The molecule has 0 fully saturated rings. The van der Waals surface area contributed by atoms with Crippen molar-refractivity contribution in [1.29, 1.82) is 0 Å². The van der Waals surface area contributed by atoms with Crippen LogP contribution in [0.25, 0.3) is 10.9 Å². The van der Waals surface area contributed by atoms with Crippen molar-refractivity contribution in [3.05, 3.63) is 40.1 Å². The van der Waals surface area contributed by atoms with Crippen LogP contribution in [0.5, 0.6) is 0 Å². The highest BCUT2D eigenvalue weighted by atomic mass is 14.7. The van der Waals surface area contributed by atoms with Gasteiger partial charge >= 0.3 is 0 Å². The predicted molar refractivity (Wildman–Crippen MR) is 75.8 cm³/mol. The number of nitrogens with two attached hydrogens (primary N) is 1. The van der Waals surface area contributed by atoms with E-state index in [4.69, 9.17) is 10.7 Å². The molecule has 0 aliphatic heterocycles. The summed E-state index contributed by atoms with van der Waals surface area (Å²) in [6.45, 7) is 4.92. The number of fused-ring (bicyclic) bond motifs is 2. The van der Waals surface area contributed by atoms with Crippen LogP contribution in [-0.2, 0) is 19.4 Å². The highest BCUT2D eigenvalue weighted by molar-refractivity contribution is 5.87. The summed E-state index contributed by atoms with van der Waals surface area (Å²) in [6, 6.07) is 4.46. The number of hydrogen-bond acceptors (Lipinski definition) is 2. The summed E-state index contributed by atoms with van der Waals surface area (Å²) in [7, 11) is 0. The Morgan fingerprint density at radius 3 is 2.72 bits per heavy atom. The smallest absolute Gasteiger partial charge is 0.0738 e. The summed E-state index contributed by atoms with van der Waals surface area (Å²) >= 11 is 0. The van der Waals surface area contributed by atoms with Crippen molar-refractivity contribution in [2.75, 3.05) is 0 Å². The van der Waals surface area contributed by atoms with E-state index in [2.05, 4.69) is 26.0 Å². The van der Waals surface area contributed by atoms with Gasteiger partial charge < -0.3 is 5.73 Å². The number of rotatable bonds is 1. The largest absolute Gasteiger partial charge is 0.326 e. The monoisotopic (exact) mass is 240 g/mol. The third kappa shape index (κ3) is 1.72. The maximum atomic E-state index is 6.01. The second kappa shape index (κ2) is 4.36. The molecule has 0 saturated carbocycles. The van der Waals surface area contributed by atoms with Crippen LogP contribution < -0.4 is 5.73 Å². The summed E-state index contributed by atoms with van der Waals surface area (Å²) < 4.78 is 0. The first-order valence-corrected chi connectivity index (χ1v) is 6.82. The minimum absolute atomic E-state index is 0.629. The molecule has 2 nitrogen and oxygen atoms in total. The van der Waals surface area contributed by atoms with Crippen LogP contribution in [0.4, 0.5) is 0 Å². The maximum absolute atomic E-state index is 6.01. The van der Waals surface area contributed by atoms with Crippen LogP contribution in [0.1, 0.15) is 40.8 Å². The lowest BCUT2D eigenvalue weighted by atomic mass is 9.89. The SMILES string of the molecule is Cc1cc(C)c2nc3c(c(CN)c2c1)CCCC3. The molecule has 0 spiro atoms. The molecule has 0 atom stereocenters. The molecular formula is C16H20N2. The average Bonchev–Trinajstić information content (AvgIpc) is 2.36. The van der Waals surface area contributed by atoms with Gasteiger partial charge in [0.1, 0.15) is 0 Å². The van der Waals surface area contributed by atoms with Crippen molar-refractivity contribution < 1.29 is 0 Å². The Hall–Kier alpha value is -1.41. The van der Waals surface area contributed by atoms with Gasteiger partial charge in [0.15, 0.2) is 0 Å². The first-order valence-electron chi connectivity index (χ1n) is 6.82. The Morgan fingerprint density at radius 1 is 1.17 bits per heavy atom. The molecule has 1 aromatic carbocycles. The molecule has 0 radical (unpaired) electrons. The van der Waals surface area contributed by atoms with Crippen molar-refractivity contribution in [2.45, 2.75) is 46.1 Å². The number of hydrogen-bond donors (Lipinski definition) is 1. The Balaban J connectivity index is 2.40. The highest BCUT2D eigenvalue weighted by Gasteiger charge is 2.18. The molecular weight excluding hydrogens is 220 g/mol. The fourth-order valence-corrected chi connectivity index (χ4v) is 3.21. The summed E-state index contributed by atoms with van der Waals surface area (Å²) in [4.78, 5) is 4.91. The van der Waals surface area contributed by atoms with Crippen LogP contribution >= 0.6 is 0 Å². The molecule has 0 saturated heterocycles. The van der Waals surface area contributed by atoms with Gasteiger partial charge in [-0.15, -0.1) is 0 Å². The molecule has 1 aliphatic rings. The van der Waals surface area contributed by atoms with E-state index < -0.39 is 0 Å². The fourth-order valence-electron chi connectivity index (χ4n) is 3.21. The number of pyridine rings is 1. The van der Waals surface area contributed by atoms with E-state index in [9.17, 15) is 0 Å². The van der Waals surface area contributed by atoms with Gasteiger partial charge in [-0.1, -0.05) is 11.6 Å². The molecule has 1 heterocycles. The first kappa shape index (κ1) is 11.7. The maximum Gasteiger partial charge on any atom is 0.0738 e. The third-order valence-corrected chi connectivity index (χ3v) is 4.02. The van der Waals surface area contributed by atoms with Crippen LogP contribution in [-0.4, -0.2) is 4.98 Å². The molecule has 0 unspecified atom stereocenters. The Bertz CT molecular complexity index is 614. The zero-order chi connectivity index (χ0) is 12.7. The number of aryl methyl sites for hydroxylation is 3. The van der Waals surface area contributed by atoms with E-state index in [0.29, 0.717) is 6.54 Å². The minimum atomic E-state index is 0.629. The topological polar surface area (TPSA) is 38.9 Å². The van der Waals surface area contributed by atoms with E-state index in [1.54, 1.807) is 0 Å². The normalized spacial score (nSPS) is 14.8. The molecule has 2 heteroatoms. The zero-order valence-corrected chi connectivity index (χ0v) is 11.2. The van der Waals surface area contributed by atoms with Gasteiger partial charge in [-0.2, -0.15) is 0 Å². The quantitative estimate of drug-likeness (QED) is 0.831. The molecule has 1 aromatic heterocycles. The second-order valence-corrected chi connectivity index (χ2v) is 5.40. The lowest BCUT2D eigenvalue weighted by Crippen LogP contribution is -2.13. The van der Waals surface area contributed by atoms with Crippen molar-refractivity contribution in [1.82, 2.24) is 4.98 Å². The fraction of sp³-hybridized carbons (Fsp3) is 0.438. The zero-order valence-electron chi connectivity index (χ0n) is 11.2. The Kier molecular flexibility index (Phi) is 2.83. The van der Waals surface area contributed by atoms with Crippen LogP contribution in [0, 0.1) is 13.8 Å². The van der Waals surface area contributed by atoms with Gasteiger partial charge in [0.25, 0.3) is 0 Å². The molecule has 0 bridgehead atoms. The van der Waals surface area contributed by atoms with Crippen LogP contribution in [0.15, 0.2) is 12.1 Å². The van der Waals surface area contributed by atoms with Gasteiger partial charge in [-0.05, 0) is 62.3 Å². The number of benzene rings is 1. The van der Waals surface area contributed by atoms with E-state index in [-0.39, 0.29) is 0 Å². The van der Waals surface area contributed by atoms with Gasteiger partial charge in [0, 0.05) is 17.6 Å². The van der Waals surface area contributed by atoms with E-state index >= 15 is 0 Å². The predicted octanol–water partition coefficient (Wildman–Crippen LogP) is 3.19. The van der Waals surface area contributed by atoms with E-state index in [0.717, 1.165) is 18.4 Å². The van der Waals surface area contributed by atoms with Crippen molar-refractivity contribution in [3.63, 3.8) is 0 Å². The Morgan fingerprint density at radius 2 is 1.94 bits per heavy atom. The van der Waals surface area contributed by atoms with E-state index in [1.165, 1.54) is 46.2 Å². The summed E-state index contributed by atoms with van der Waals surface area (Å²) in [6.07, 6.45) is 4.81.